The van der Waals surface area contributed by atoms with E-state index in [9.17, 15) is 9.18 Å². The summed E-state index contributed by atoms with van der Waals surface area (Å²) in [6.45, 7) is 3.64. The minimum atomic E-state index is -0.323. The first-order chi connectivity index (χ1) is 15.1. The smallest absolute Gasteiger partial charge is 0.252 e. The lowest BCUT2D eigenvalue weighted by Gasteiger charge is -2.38. The quantitative estimate of drug-likeness (QED) is 0.486. The number of benzene rings is 2. The fourth-order valence-corrected chi connectivity index (χ4v) is 5.56. The van der Waals surface area contributed by atoms with Crippen molar-refractivity contribution >= 4 is 29.0 Å². The molecule has 2 aromatic carbocycles. The van der Waals surface area contributed by atoms with Crippen LogP contribution in [0.5, 0.6) is 0 Å². The van der Waals surface area contributed by atoms with E-state index in [1.165, 1.54) is 6.07 Å². The number of nitrogens with one attached hydrogen (secondary N) is 1. The SMILES string of the molecule is Cc1nc(CSc2ccccc2C(=O)NCC2(c3cccc(F)c3)CCOCC2)cs1. The van der Waals surface area contributed by atoms with E-state index in [1.807, 2.05) is 37.3 Å². The molecule has 0 radical (unpaired) electrons. The third-order valence-electron chi connectivity index (χ3n) is 5.65. The normalized spacial score (nSPS) is 15.5. The van der Waals surface area contributed by atoms with Crippen LogP contribution in [-0.4, -0.2) is 30.6 Å². The van der Waals surface area contributed by atoms with Crippen LogP contribution in [0.4, 0.5) is 4.39 Å². The van der Waals surface area contributed by atoms with E-state index in [2.05, 4.69) is 15.7 Å². The summed E-state index contributed by atoms with van der Waals surface area (Å²) < 4.78 is 19.5. The molecule has 0 unspecified atom stereocenters. The summed E-state index contributed by atoms with van der Waals surface area (Å²) in [6, 6.07) is 14.3. The molecule has 1 fully saturated rings. The van der Waals surface area contributed by atoms with Gasteiger partial charge in [0.25, 0.3) is 5.91 Å². The molecular weight excluding hydrogens is 431 g/mol. The Kier molecular flexibility index (Phi) is 7.05. The molecule has 1 saturated heterocycles. The van der Waals surface area contributed by atoms with Gasteiger partial charge in [0, 0.05) is 41.2 Å². The van der Waals surface area contributed by atoms with Gasteiger partial charge in [-0.3, -0.25) is 4.79 Å². The van der Waals surface area contributed by atoms with Crippen molar-refractivity contribution in [2.45, 2.75) is 35.8 Å². The number of thioether (sulfide) groups is 1. The molecule has 1 N–H and O–H groups in total. The summed E-state index contributed by atoms with van der Waals surface area (Å²) in [7, 11) is 0. The zero-order chi connectivity index (χ0) is 21.7. The van der Waals surface area contributed by atoms with Crippen LogP contribution in [-0.2, 0) is 15.9 Å². The summed E-state index contributed by atoms with van der Waals surface area (Å²) in [5, 5.41) is 6.22. The number of ether oxygens (including phenoxy) is 1. The molecule has 0 saturated carbocycles. The van der Waals surface area contributed by atoms with E-state index in [0.29, 0.717) is 25.3 Å². The summed E-state index contributed by atoms with van der Waals surface area (Å²) in [4.78, 5) is 18.6. The fraction of sp³-hybridized carbons (Fsp3) is 0.333. The first kappa shape index (κ1) is 22.0. The van der Waals surface area contributed by atoms with Crippen LogP contribution in [0, 0.1) is 12.7 Å². The Morgan fingerprint density at radius 3 is 2.77 bits per heavy atom. The van der Waals surface area contributed by atoms with E-state index >= 15 is 0 Å². The van der Waals surface area contributed by atoms with Gasteiger partial charge >= 0.3 is 0 Å². The van der Waals surface area contributed by atoms with Crippen molar-refractivity contribution in [3.05, 3.63) is 81.6 Å². The zero-order valence-electron chi connectivity index (χ0n) is 17.4. The number of nitrogens with zero attached hydrogens (tertiary/aromatic N) is 1. The highest BCUT2D eigenvalue weighted by Crippen LogP contribution is 2.35. The average Bonchev–Trinajstić information content (AvgIpc) is 3.22. The van der Waals surface area contributed by atoms with Gasteiger partial charge in [0.1, 0.15) is 5.82 Å². The number of halogens is 1. The van der Waals surface area contributed by atoms with Gasteiger partial charge in [-0.1, -0.05) is 24.3 Å². The highest BCUT2D eigenvalue weighted by atomic mass is 32.2. The molecule has 4 nitrogen and oxygen atoms in total. The topological polar surface area (TPSA) is 51.2 Å². The summed E-state index contributed by atoms with van der Waals surface area (Å²) in [5.41, 5.74) is 2.27. The largest absolute Gasteiger partial charge is 0.381 e. The van der Waals surface area contributed by atoms with Crippen molar-refractivity contribution in [2.24, 2.45) is 0 Å². The highest BCUT2D eigenvalue weighted by molar-refractivity contribution is 7.98. The second kappa shape index (κ2) is 9.94. The molecule has 1 aromatic heterocycles. The van der Waals surface area contributed by atoms with E-state index in [4.69, 9.17) is 4.74 Å². The fourth-order valence-electron chi connectivity index (χ4n) is 3.90. The van der Waals surface area contributed by atoms with Gasteiger partial charge in [-0.15, -0.1) is 23.1 Å². The third-order valence-corrected chi connectivity index (χ3v) is 7.58. The van der Waals surface area contributed by atoms with Crippen molar-refractivity contribution < 1.29 is 13.9 Å². The van der Waals surface area contributed by atoms with Crippen LogP contribution in [0.3, 0.4) is 0 Å². The lowest BCUT2D eigenvalue weighted by molar-refractivity contribution is 0.0486. The molecule has 0 spiro atoms. The number of hydrogen-bond donors (Lipinski definition) is 1. The molecular formula is C24H25FN2O2S2. The van der Waals surface area contributed by atoms with Crippen molar-refractivity contribution in [1.29, 1.82) is 0 Å². The summed E-state index contributed by atoms with van der Waals surface area (Å²) >= 11 is 3.25. The number of rotatable bonds is 7. The minimum Gasteiger partial charge on any atom is -0.381 e. The van der Waals surface area contributed by atoms with Crippen LogP contribution < -0.4 is 5.32 Å². The van der Waals surface area contributed by atoms with Crippen LogP contribution in [0.25, 0.3) is 0 Å². The Hall–Kier alpha value is -2.22. The van der Waals surface area contributed by atoms with Gasteiger partial charge in [0.15, 0.2) is 0 Å². The van der Waals surface area contributed by atoms with E-state index in [0.717, 1.165) is 39.8 Å². The molecule has 0 bridgehead atoms. The molecule has 31 heavy (non-hydrogen) atoms. The number of carbonyl (C=O) groups is 1. The maximum absolute atomic E-state index is 13.9. The Balaban J connectivity index is 1.48. The summed E-state index contributed by atoms with van der Waals surface area (Å²) in [6.07, 6.45) is 1.49. The van der Waals surface area contributed by atoms with Gasteiger partial charge in [-0.25, -0.2) is 9.37 Å². The van der Waals surface area contributed by atoms with E-state index < -0.39 is 0 Å². The number of carbonyl (C=O) groups excluding carboxylic acids is 1. The lowest BCUT2D eigenvalue weighted by atomic mass is 9.74. The molecule has 4 rings (SSSR count). The molecule has 2 heterocycles. The first-order valence-electron chi connectivity index (χ1n) is 10.3. The number of aromatic nitrogens is 1. The molecule has 1 aliphatic rings. The monoisotopic (exact) mass is 456 g/mol. The van der Waals surface area contributed by atoms with Crippen LogP contribution in [0.1, 0.15) is 39.5 Å². The number of thiazole rings is 1. The van der Waals surface area contributed by atoms with E-state index in [1.54, 1.807) is 35.2 Å². The molecule has 3 aromatic rings. The zero-order valence-corrected chi connectivity index (χ0v) is 19.0. The van der Waals surface area contributed by atoms with Crippen LogP contribution >= 0.6 is 23.1 Å². The standard InChI is InChI=1S/C24H25FN2O2S2/c1-17-27-20(14-30-17)15-31-22-8-3-2-7-21(22)23(28)26-16-24(9-11-29-12-10-24)18-5-4-6-19(25)13-18/h2-8,13-14H,9-12,15-16H2,1H3,(H,26,28). The van der Waals surface area contributed by atoms with E-state index in [-0.39, 0.29) is 17.1 Å². The lowest BCUT2D eigenvalue weighted by Crippen LogP contribution is -2.44. The molecule has 0 atom stereocenters. The predicted molar refractivity (Wildman–Crippen MR) is 123 cm³/mol. The van der Waals surface area contributed by atoms with Crippen molar-refractivity contribution in [2.75, 3.05) is 19.8 Å². The van der Waals surface area contributed by atoms with Crippen molar-refractivity contribution in [1.82, 2.24) is 10.3 Å². The van der Waals surface area contributed by atoms with Gasteiger partial charge in [-0.2, -0.15) is 0 Å². The maximum Gasteiger partial charge on any atom is 0.252 e. The Labute approximate surface area is 190 Å². The van der Waals surface area contributed by atoms with Gasteiger partial charge in [0.2, 0.25) is 0 Å². The Morgan fingerprint density at radius 2 is 2.03 bits per heavy atom. The molecule has 1 amide bonds. The van der Waals surface area contributed by atoms with Crippen molar-refractivity contribution in [3.63, 3.8) is 0 Å². The molecule has 0 aliphatic carbocycles. The predicted octanol–water partition coefficient (Wildman–Crippen LogP) is 5.36. The van der Waals surface area contributed by atoms with Crippen molar-refractivity contribution in [3.8, 4) is 0 Å². The maximum atomic E-state index is 13.9. The average molecular weight is 457 g/mol. The second-order valence-electron chi connectivity index (χ2n) is 7.73. The van der Waals surface area contributed by atoms with Gasteiger partial charge in [0.05, 0.1) is 16.3 Å². The minimum absolute atomic E-state index is 0.111. The second-order valence-corrected chi connectivity index (χ2v) is 9.81. The number of amides is 1. The Morgan fingerprint density at radius 1 is 1.23 bits per heavy atom. The molecule has 162 valence electrons. The highest BCUT2D eigenvalue weighted by Gasteiger charge is 2.35. The van der Waals surface area contributed by atoms with Crippen LogP contribution in [0.2, 0.25) is 0 Å². The van der Waals surface area contributed by atoms with Crippen LogP contribution in [0.15, 0.2) is 58.8 Å². The third kappa shape index (κ3) is 5.34. The number of hydrogen-bond acceptors (Lipinski definition) is 5. The number of aryl methyl sites for hydroxylation is 1. The van der Waals surface area contributed by atoms with Gasteiger partial charge < -0.3 is 10.1 Å². The summed E-state index contributed by atoms with van der Waals surface area (Å²) in [5.74, 6) is 0.354. The molecule has 1 aliphatic heterocycles. The Bertz CT molecular complexity index is 1050. The molecule has 7 heteroatoms. The first-order valence-corrected chi connectivity index (χ1v) is 12.2. The van der Waals surface area contributed by atoms with Gasteiger partial charge in [-0.05, 0) is 49.6 Å².